The van der Waals surface area contributed by atoms with Crippen molar-refractivity contribution in [3.63, 3.8) is 0 Å². The number of hydrogen-bond acceptors (Lipinski definition) is 3. The van der Waals surface area contributed by atoms with Crippen LogP contribution in [0.4, 0.5) is 11.4 Å². The summed E-state index contributed by atoms with van der Waals surface area (Å²) in [4.78, 5) is 11.8. The molecule has 1 saturated carbocycles. The number of furan rings is 1. The molecule has 0 spiro atoms. The molecule has 3 rings (SSSR count). The van der Waals surface area contributed by atoms with Gasteiger partial charge in [-0.25, -0.2) is 0 Å². The number of hydrogen-bond donors (Lipinski definition) is 2. The van der Waals surface area contributed by atoms with Crippen LogP contribution >= 0.6 is 0 Å². The monoisotopic (exact) mass is 284 g/mol. The molecule has 4 heteroatoms. The zero-order chi connectivity index (χ0) is 14.7. The van der Waals surface area contributed by atoms with Crippen molar-refractivity contribution in [3.05, 3.63) is 47.9 Å². The molecule has 0 unspecified atom stereocenters. The molecule has 1 aliphatic carbocycles. The van der Waals surface area contributed by atoms with Gasteiger partial charge < -0.3 is 15.1 Å². The fraction of sp³-hybridized carbons (Fsp3) is 0.353. The summed E-state index contributed by atoms with van der Waals surface area (Å²) < 4.78 is 5.66. The molecule has 1 heterocycles. The van der Waals surface area contributed by atoms with Gasteiger partial charge in [0.1, 0.15) is 11.5 Å². The van der Waals surface area contributed by atoms with E-state index in [-0.39, 0.29) is 11.8 Å². The molecule has 21 heavy (non-hydrogen) atoms. The number of amides is 1. The maximum atomic E-state index is 11.8. The molecule has 0 bridgehead atoms. The molecule has 1 fully saturated rings. The van der Waals surface area contributed by atoms with Gasteiger partial charge in [0.25, 0.3) is 0 Å². The van der Waals surface area contributed by atoms with Gasteiger partial charge in [-0.15, -0.1) is 0 Å². The summed E-state index contributed by atoms with van der Waals surface area (Å²) in [5, 5.41) is 6.27. The predicted molar refractivity (Wildman–Crippen MR) is 83.2 cm³/mol. The van der Waals surface area contributed by atoms with E-state index in [0.29, 0.717) is 6.54 Å². The van der Waals surface area contributed by atoms with Gasteiger partial charge in [0.15, 0.2) is 0 Å². The second-order valence-corrected chi connectivity index (χ2v) is 5.42. The van der Waals surface area contributed by atoms with Gasteiger partial charge in [-0.05, 0) is 43.2 Å². The Morgan fingerprint density at radius 3 is 2.67 bits per heavy atom. The fourth-order valence-electron chi connectivity index (χ4n) is 2.19. The molecule has 4 nitrogen and oxygen atoms in total. The Bertz CT molecular complexity index is 629. The molecule has 0 saturated heterocycles. The van der Waals surface area contributed by atoms with Crippen LogP contribution in [0.1, 0.15) is 31.3 Å². The standard InChI is InChI=1S/C17H20N2O2/c1-2-15-8-9-16(21-15)11-18-13-4-3-5-14(10-13)19-17(20)12-6-7-12/h3-5,8-10,12,18H,2,6-7,11H2,1H3,(H,19,20). The average Bonchev–Trinajstić information content (AvgIpc) is 3.25. The van der Waals surface area contributed by atoms with Gasteiger partial charge in [-0.2, -0.15) is 0 Å². The molecular weight excluding hydrogens is 264 g/mol. The summed E-state index contributed by atoms with van der Waals surface area (Å²) in [5.74, 6) is 2.26. The van der Waals surface area contributed by atoms with Crippen molar-refractivity contribution in [1.82, 2.24) is 0 Å². The molecule has 110 valence electrons. The van der Waals surface area contributed by atoms with Gasteiger partial charge in [0.05, 0.1) is 6.54 Å². The molecule has 2 aromatic rings. The lowest BCUT2D eigenvalue weighted by molar-refractivity contribution is -0.117. The minimum atomic E-state index is 0.130. The van der Waals surface area contributed by atoms with Crippen molar-refractivity contribution < 1.29 is 9.21 Å². The average molecular weight is 284 g/mol. The first-order valence-corrected chi connectivity index (χ1v) is 7.47. The van der Waals surface area contributed by atoms with Crippen LogP contribution in [0.15, 0.2) is 40.8 Å². The zero-order valence-electron chi connectivity index (χ0n) is 12.2. The number of anilines is 2. The Balaban J connectivity index is 1.58. The number of rotatable bonds is 6. The summed E-state index contributed by atoms with van der Waals surface area (Å²) in [5.41, 5.74) is 1.81. The number of carbonyl (C=O) groups is 1. The van der Waals surface area contributed by atoms with Gasteiger partial charge in [0.2, 0.25) is 5.91 Å². The highest BCUT2D eigenvalue weighted by Gasteiger charge is 2.29. The van der Waals surface area contributed by atoms with Crippen molar-refractivity contribution in [2.45, 2.75) is 32.7 Å². The van der Waals surface area contributed by atoms with Crippen LogP contribution in [0, 0.1) is 5.92 Å². The van der Waals surface area contributed by atoms with E-state index in [0.717, 1.165) is 42.2 Å². The molecule has 2 N–H and O–H groups in total. The first kappa shape index (κ1) is 13.7. The van der Waals surface area contributed by atoms with Crippen molar-refractivity contribution >= 4 is 17.3 Å². The third-order valence-electron chi connectivity index (χ3n) is 3.61. The molecule has 0 atom stereocenters. The predicted octanol–water partition coefficient (Wildman–Crippen LogP) is 3.80. The summed E-state index contributed by atoms with van der Waals surface area (Å²) >= 11 is 0. The van der Waals surface area contributed by atoms with Crippen LogP contribution in [0.2, 0.25) is 0 Å². The van der Waals surface area contributed by atoms with E-state index in [1.54, 1.807) is 0 Å². The molecule has 1 aromatic carbocycles. The lowest BCUT2D eigenvalue weighted by atomic mass is 10.2. The third kappa shape index (κ3) is 3.66. The van der Waals surface area contributed by atoms with Gasteiger partial charge in [-0.3, -0.25) is 4.79 Å². The van der Waals surface area contributed by atoms with Crippen molar-refractivity contribution in [2.24, 2.45) is 5.92 Å². The first-order valence-electron chi connectivity index (χ1n) is 7.47. The largest absolute Gasteiger partial charge is 0.464 e. The minimum absolute atomic E-state index is 0.130. The number of benzene rings is 1. The van der Waals surface area contributed by atoms with Gasteiger partial charge >= 0.3 is 0 Å². The van der Waals surface area contributed by atoms with E-state index in [2.05, 4.69) is 17.6 Å². The summed E-state index contributed by atoms with van der Waals surface area (Å²) in [6.07, 6.45) is 2.94. The van der Waals surface area contributed by atoms with Crippen LogP contribution in [-0.4, -0.2) is 5.91 Å². The van der Waals surface area contributed by atoms with E-state index < -0.39 is 0 Å². The highest BCUT2D eigenvalue weighted by Crippen LogP contribution is 2.30. The van der Waals surface area contributed by atoms with Crippen LogP contribution in [0.3, 0.4) is 0 Å². The summed E-state index contributed by atoms with van der Waals surface area (Å²) in [7, 11) is 0. The lowest BCUT2D eigenvalue weighted by Crippen LogP contribution is -2.13. The van der Waals surface area contributed by atoms with Crippen molar-refractivity contribution in [3.8, 4) is 0 Å². The normalized spacial score (nSPS) is 14.0. The zero-order valence-corrected chi connectivity index (χ0v) is 12.2. The smallest absolute Gasteiger partial charge is 0.227 e. The van der Waals surface area contributed by atoms with E-state index >= 15 is 0 Å². The Hall–Kier alpha value is -2.23. The second-order valence-electron chi connectivity index (χ2n) is 5.42. The third-order valence-corrected chi connectivity index (χ3v) is 3.61. The van der Waals surface area contributed by atoms with E-state index in [1.165, 1.54) is 0 Å². The molecule has 1 amide bonds. The summed E-state index contributed by atoms with van der Waals surface area (Å²) in [6.45, 7) is 2.71. The quantitative estimate of drug-likeness (QED) is 0.848. The maximum Gasteiger partial charge on any atom is 0.227 e. The molecule has 1 aliphatic rings. The van der Waals surface area contributed by atoms with E-state index in [9.17, 15) is 4.79 Å². The molecule has 0 aliphatic heterocycles. The summed E-state index contributed by atoms with van der Waals surface area (Å²) in [6, 6.07) is 11.8. The van der Waals surface area contributed by atoms with Crippen molar-refractivity contribution in [2.75, 3.05) is 10.6 Å². The van der Waals surface area contributed by atoms with E-state index in [4.69, 9.17) is 4.42 Å². The molecular formula is C17H20N2O2. The number of carbonyl (C=O) groups excluding carboxylic acids is 1. The SMILES string of the molecule is CCc1ccc(CNc2cccc(NC(=O)C3CC3)c2)o1. The second kappa shape index (κ2) is 6.04. The van der Waals surface area contributed by atoms with Crippen LogP contribution < -0.4 is 10.6 Å². The Morgan fingerprint density at radius 2 is 1.95 bits per heavy atom. The fourth-order valence-corrected chi connectivity index (χ4v) is 2.19. The Labute approximate surface area is 124 Å². The Kier molecular flexibility index (Phi) is 3.95. The minimum Gasteiger partial charge on any atom is -0.464 e. The topological polar surface area (TPSA) is 54.3 Å². The van der Waals surface area contributed by atoms with Gasteiger partial charge in [0, 0.05) is 23.7 Å². The Morgan fingerprint density at radius 1 is 1.19 bits per heavy atom. The van der Waals surface area contributed by atoms with Crippen LogP contribution in [0.25, 0.3) is 0 Å². The van der Waals surface area contributed by atoms with Crippen LogP contribution in [-0.2, 0) is 17.8 Å². The van der Waals surface area contributed by atoms with Crippen molar-refractivity contribution in [1.29, 1.82) is 0 Å². The number of aryl methyl sites for hydroxylation is 1. The molecule has 0 radical (unpaired) electrons. The molecule has 1 aromatic heterocycles. The van der Waals surface area contributed by atoms with Crippen LogP contribution in [0.5, 0.6) is 0 Å². The lowest BCUT2D eigenvalue weighted by Gasteiger charge is -2.08. The number of nitrogens with one attached hydrogen (secondary N) is 2. The van der Waals surface area contributed by atoms with Gasteiger partial charge in [-0.1, -0.05) is 13.0 Å². The van der Waals surface area contributed by atoms with E-state index in [1.807, 2.05) is 36.4 Å². The highest BCUT2D eigenvalue weighted by atomic mass is 16.3. The first-order chi connectivity index (χ1) is 10.2. The maximum absolute atomic E-state index is 11.8. The highest BCUT2D eigenvalue weighted by molar-refractivity contribution is 5.94.